The molecular formula is C25H42O3. The number of fused-ring (bicyclic) bond motifs is 5. The van der Waals surface area contributed by atoms with Gasteiger partial charge in [-0.2, -0.15) is 0 Å². The van der Waals surface area contributed by atoms with Crippen molar-refractivity contribution >= 4 is 5.97 Å². The van der Waals surface area contributed by atoms with Crippen LogP contribution in [0.1, 0.15) is 91.4 Å². The van der Waals surface area contributed by atoms with Crippen LogP contribution in [0, 0.1) is 46.3 Å². The number of aliphatic hydroxyl groups is 1. The molecule has 9 atom stereocenters. The van der Waals surface area contributed by atoms with Crippen molar-refractivity contribution in [3.05, 3.63) is 0 Å². The molecule has 1 N–H and O–H groups in total. The number of aliphatic hydroxyl groups excluding tert-OH is 1. The molecule has 4 aliphatic carbocycles. The normalized spacial score (nSPS) is 48.9. The van der Waals surface area contributed by atoms with E-state index in [2.05, 4.69) is 20.8 Å². The van der Waals surface area contributed by atoms with E-state index in [1.807, 2.05) is 0 Å². The predicted molar refractivity (Wildman–Crippen MR) is 112 cm³/mol. The zero-order valence-electron chi connectivity index (χ0n) is 18.6. The quantitative estimate of drug-likeness (QED) is 0.636. The van der Waals surface area contributed by atoms with Crippen molar-refractivity contribution in [1.29, 1.82) is 0 Å². The number of hydrogen-bond acceptors (Lipinski definition) is 3. The van der Waals surface area contributed by atoms with Crippen molar-refractivity contribution in [2.24, 2.45) is 46.3 Å². The van der Waals surface area contributed by atoms with Crippen LogP contribution in [0.15, 0.2) is 0 Å². The summed E-state index contributed by atoms with van der Waals surface area (Å²) in [6.07, 6.45) is 13.1. The van der Waals surface area contributed by atoms with Gasteiger partial charge in [0.05, 0.1) is 13.2 Å². The Morgan fingerprint density at radius 1 is 1.04 bits per heavy atom. The number of methoxy groups -OCH3 is 1. The van der Waals surface area contributed by atoms with Gasteiger partial charge in [0.1, 0.15) is 0 Å². The van der Waals surface area contributed by atoms with E-state index in [4.69, 9.17) is 4.74 Å². The van der Waals surface area contributed by atoms with Gasteiger partial charge in [0.15, 0.2) is 0 Å². The van der Waals surface area contributed by atoms with Crippen LogP contribution in [-0.2, 0) is 9.53 Å². The van der Waals surface area contributed by atoms with Crippen molar-refractivity contribution < 1.29 is 14.6 Å². The Bertz CT molecular complexity index is 588. The van der Waals surface area contributed by atoms with Crippen molar-refractivity contribution in [3.8, 4) is 0 Å². The number of ether oxygens (including phenoxy) is 1. The summed E-state index contributed by atoms with van der Waals surface area (Å²) in [6.45, 7) is 7.56. The minimum absolute atomic E-state index is 0.0463. The highest BCUT2D eigenvalue weighted by atomic mass is 16.5. The summed E-state index contributed by atoms with van der Waals surface area (Å²) in [5.74, 6) is 4.72. The van der Waals surface area contributed by atoms with E-state index in [-0.39, 0.29) is 12.1 Å². The van der Waals surface area contributed by atoms with E-state index in [0.29, 0.717) is 23.2 Å². The Hall–Kier alpha value is -0.570. The molecular weight excluding hydrogens is 348 g/mol. The Kier molecular flexibility index (Phi) is 5.61. The van der Waals surface area contributed by atoms with Crippen LogP contribution < -0.4 is 0 Å². The molecule has 0 unspecified atom stereocenters. The molecule has 160 valence electrons. The third-order valence-electron chi connectivity index (χ3n) is 10.4. The number of esters is 1. The van der Waals surface area contributed by atoms with E-state index >= 15 is 0 Å². The van der Waals surface area contributed by atoms with Gasteiger partial charge in [-0.1, -0.05) is 20.8 Å². The monoisotopic (exact) mass is 390 g/mol. The molecule has 4 fully saturated rings. The first kappa shape index (κ1) is 20.7. The molecule has 3 nitrogen and oxygen atoms in total. The fourth-order valence-corrected chi connectivity index (χ4v) is 8.86. The standard InChI is InChI=1S/C25H42O3/c1-16(5-10-23(27)28-4)20-8-9-21-19-7-6-17-15-18(26)11-13-24(17,2)22(19)12-14-25(20,21)3/h16-22,26H,5-15H2,1-4H3/t16-,17-,18-,19-,20+,21-,22-,24-,25+/m0/s1. The maximum atomic E-state index is 11.6. The molecule has 0 aromatic carbocycles. The second-order valence-corrected chi connectivity index (χ2v) is 11.4. The number of rotatable bonds is 4. The van der Waals surface area contributed by atoms with Gasteiger partial charge in [0.25, 0.3) is 0 Å². The Morgan fingerprint density at radius 2 is 1.75 bits per heavy atom. The molecule has 0 radical (unpaired) electrons. The molecule has 0 aromatic rings. The van der Waals surface area contributed by atoms with Crippen LogP contribution >= 0.6 is 0 Å². The maximum Gasteiger partial charge on any atom is 0.305 e. The Balaban J connectivity index is 1.48. The van der Waals surface area contributed by atoms with Crippen molar-refractivity contribution in [2.75, 3.05) is 7.11 Å². The summed E-state index contributed by atoms with van der Waals surface area (Å²) in [5.41, 5.74) is 0.937. The largest absolute Gasteiger partial charge is 0.469 e. The van der Waals surface area contributed by atoms with Gasteiger partial charge in [-0.25, -0.2) is 0 Å². The molecule has 0 saturated heterocycles. The van der Waals surface area contributed by atoms with Crippen LogP contribution in [0.5, 0.6) is 0 Å². The van der Waals surface area contributed by atoms with Crippen LogP contribution in [0.3, 0.4) is 0 Å². The fraction of sp³-hybridized carbons (Fsp3) is 0.960. The molecule has 0 amide bonds. The third kappa shape index (κ3) is 3.24. The maximum absolute atomic E-state index is 11.6. The highest BCUT2D eigenvalue weighted by Gasteiger charge is 2.60. The number of carbonyl (C=O) groups is 1. The SMILES string of the molecule is COC(=O)CC[C@H](C)[C@H]1CC[C@H]2[C@@H]3CC[C@H]4C[C@@H](O)CC[C@]4(C)[C@H]3CC[C@]12C. The third-order valence-corrected chi connectivity index (χ3v) is 10.4. The van der Waals surface area contributed by atoms with Crippen LogP contribution in [0.2, 0.25) is 0 Å². The highest BCUT2D eigenvalue weighted by Crippen LogP contribution is 2.68. The van der Waals surface area contributed by atoms with Gasteiger partial charge in [0.2, 0.25) is 0 Å². The second kappa shape index (κ2) is 7.60. The molecule has 0 spiro atoms. The number of hydrogen-bond donors (Lipinski definition) is 1. The predicted octanol–water partition coefficient (Wildman–Crippen LogP) is 5.60. The summed E-state index contributed by atoms with van der Waals surface area (Å²) >= 11 is 0. The van der Waals surface area contributed by atoms with E-state index in [1.165, 1.54) is 52.1 Å². The highest BCUT2D eigenvalue weighted by molar-refractivity contribution is 5.69. The molecule has 0 heterocycles. The van der Waals surface area contributed by atoms with Crippen molar-refractivity contribution in [2.45, 2.75) is 97.5 Å². The van der Waals surface area contributed by atoms with E-state index in [9.17, 15) is 9.90 Å². The van der Waals surface area contributed by atoms with Gasteiger partial charge in [0, 0.05) is 6.42 Å². The molecule has 4 saturated carbocycles. The molecule has 3 heteroatoms. The van der Waals surface area contributed by atoms with Gasteiger partial charge < -0.3 is 9.84 Å². The average molecular weight is 391 g/mol. The molecule has 0 aliphatic heterocycles. The minimum atomic E-state index is -0.0546. The van der Waals surface area contributed by atoms with Gasteiger partial charge >= 0.3 is 5.97 Å². The zero-order valence-corrected chi connectivity index (χ0v) is 18.6. The van der Waals surface area contributed by atoms with E-state index in [1.54, 1.807) is 0 Å². The lowest BCUT2D eigenvalue weighted by Gasteiger charge is -2.61. The van der Waals surface area contributed by atoms with Crippen LogP contribution in [0.4, 0.5) is 0 Å². The number of carbonyl (C=O) groups excluding carboxylic acids is 1. The first-order valence-electron chi connectivity index (χ1n) is 12.0. The van der Waals surface area contributed by atoms with Crippen molar-refractivity contribution in [1.82, 2.24) is 0 Å². The molecule has 0 bridgehead atoms. The molecule has 4 rings (SSSR count). The minimum Gasteiger partial charge on any atom is -0.469 e. The lowest BCUT2D eigenvalue weighted by Crippen LogP contribution is -2.54. The summed E-state index contributed by atoms with van der Waals surface area (Å²) in [7, 11) is 1.50. The van der Waals surface area contributed by atoms with E-state index < -0.39 is 0 Å². The molecule has 28 heavy (non-hydrogen) atoms. The Morgan fingerprint density at radius 3 is 2.50 bits per heavy atom. The summed E-state index contributed by atoms with van der Waals surface area (Å²) in [6, 6.07) is 0. The first-order valence-corrected chi connectivity index (χ1v) is 12.0. The molecule has 0 aromatic heterocycles. The zero-order chi connectivity index (χ0) is 20.1. The fourth-order valence-electron chi connectivity index (χ4n) is 8.86. The Labute approximate surface area is 172 Å². The first-order chi connectivity index (χ1) is 13.3. The lowest BCUT2D eigenvalue weighted by molar-refractivity contribution is -0.141. The van der Waals surface area contributed by atoms with Gasteiger partial charge in [-0.3, -0.25) is 4.79 Å². The van der Waals surface area contributed by atoms with E-state index in [0.717, 1.165) is 48.9 Å². The van der Waals surface area contributed by atoms with Gasteiger partial charge in [-0.15, -0.1) is 0 Å². The lowest BCUT2D eigenvalue weighted by atomic mass is 9.44. The smallest absolute Gasteiger partial charge is 0.305 e. The van der Waals surface area contributed by atoms with Crippen LogP contribution in [-0.4, -0.2) is 24.3 Å². The molecule has 4 aliphatic rings. The summed E-state index contributed by atoms with van der Waals surface area (Å²) in [5, 5.41) is 10.2. The summed E-state index contributed by atoms with van der Waals surface area (Å²) in [4.78, 5) is 11.6. The average Bonchev–Trinajstić information content (AvgIpc) is 3.03. The van der Waals surface area contributed by atoms with Gasteiger partial charge in [-0.05, 0) is 111 Å². The van der Waals surface area contributed by atoms with Crippen LogP contribution in [0.25, 0.3) is 0 Å². The van der Waals surface area contributed by atoms with Crippen molar-refractivity contribution in [3.63, 3.8) is 0 Å². The topological polar surface area (TPSA) is 46.5 Å². The second-order valence-electron chi connectivity index (χ2n) is 11.4. The summed E-state index contributed by atoms with van der Waals surface area (Å²) < 4.78 is 4.88.